The van der Waals surface area contributed by atoms with Crippen LogP contribution in [-0.4, -0.2) is 15.1 Å². The molecule has 0 radical (unpaired) electrons. The normalized spacial score (nSPS) is 10.7. The van der Waals surface area contributed by atoms with Crippen LogP contribution in [0.3, 0.4) is 0 Å². The lowest BCUT2D eigenvalue weighted by molar-refractivity contribution is 0.379. The SMILES string of the molecule is Nc1ccccc1CCc1nc(-c2cncs2)no1. The number of anilines is 1. The summed E-state index contributed by atoms with van der Waals surface area (Å²) in [5.74, 6) is 1.21. The Morgan fingerprint density at radius 1 is 1.21 bits per heavy atom. The van der Waals surface area contributed by atoms with Crippen molar-refractivity contribution >= 4 is 17.0 Å². The van der Waals surface area contributed by atoms with E-state index in [0.29, 0.717) is 18.1 Å². The molecule has 19 heavy (non-hydrogen) atoms. The average Bonchev–Trinajstić information content (AvgIpc) is 3.09. The van der Waals surface area contributed by atoms with Crippen molar-refractivity contribution in [1.82, 2.24) is 15.1 Å². The van der Waals surface area contributed by atoms with Crippen molar-refractivity contribution in [2.75, 3.05) is 5.73 Å². The van der Waals surface area contributed by atoms with Gasteiger partial charge in [-0.05, 0) is 18.1 Å². The summed E-state index contributed by atoms with van der Waals surface area (Å²) in [6.07, 6.45) is 3.20. The minimum absolute atomic E-state index is 0.596. The van der Waals surface area contributed by atoms with E-state index in [0.717, 1.165) is 22.5 Å². The van der Waals surface area contributed by atoms with Gasteiger partial charge in [0.05, 0.1) is 10.4 Å². The monoisotopic (exact) mass is 272 g/mol. The van der Waals surface area contributed by atoms with Gasteiger partial charge < -0.3 is 10.3 Å². The summed E-state index contributed by atoms with van der Waals surface area (Å²) < 4.78 is 5.23. The summed E-state index contributed by atoms with van der Waals surface area (Å²) in [7, 11) is 0. The lowest BCUT2D eigenvalue weighted by Crippen LogP contribution is -1.96. The number of para-hydroxylation sites is 1. The minimum atomic E-state index is 0.596. The van der Waals surface area contributed by atoms with Gasteiger partial charge in [-0.1, -0.05) is 23.4 Å². The maximum atomic E-state index is 5.89. The average molecular weight is 272 g/mol. The van der Waals surface area contributed by atoms with Crippen LogP contribution in [0.2, 0.25) is 0 Å². The summed E-state index contributed by atoms with van der Waals surface area (Å²) in [5.41, 5.74) is 9.53. The molecule has 0 bridgehead atoms. The highest BCUT2D eigenvalue weighted by atomic mass is 32.1. The van der Waals surface area contributed by atoms with Crippen molar-refractivity contribution in [2.24, 2.45) is 0 Å². The topological polar surface area (TPSA) is 77.8 Å². The fourth-order valence-electron chi connectivity index (χ4n) is 1.79. The molecule has 5 nitrogen and oxygen atoms in total. The number of nitrogen functional groups attached to an aromatic ring is 1. The van der Waals surface area contributed by atoms with Gasteiger partial charge in [-0.15, -0.1) is 11.3 Å². The maximum absolute atomic E-state index is 5.89. The summed E-state index contributed by atoms with van der Waals surface area (Å²) in [4.78, 5) is 9.25. The largest absolute Gasteiger partial charge is 0.399 e. The Morgan fingerprint density at radius 3 is 2.89 bits per heavy atom. The van der Waals surface area contributed by atoms with Gasteiger partial charge in [0.1, 0.15) is 0 Å². The quantitative estimate of drug-likeness (QED) is 0.738. The molecular weight excluding hydrogens is 260 g/mol. The molecule has 0 fully saturated rings. The molecule has 2 aromatic heterocycles. The Morgan fingerprint density at radius 2 is 2.11 bits per heavy atom. The maximum Gasteiger partial charge on any atom is 0.227 e. The van der Waals surface area contributed by atoms with Crippen molar-refractivity contribution in [3.8, 4) is 10.7 Å². The molecule has 3 aromatic rings. The molecular formula is C13H12N4OS. The zero-order chi connectivity index (χ0) is 13.1. The van der Waals surface area contributed by atoms with Crippen LogP contribution in [0, 0.1) is 0 Å². The number of rotatable bonds is 4. The Hall–Kier alpha value is -2.21. The van der Waals surface area contributed by atoms with Gasteiger partial charge in [-0.25, -0.2) is 0 Å². The van der Waals surface area contributed by atoms with E-state index in [9.17, 15) is 0 Å². The molecule has 0 unspecified atom stereocenters. The Labute approximate surface area is 114 Å². The van der Waals surface area contributed by atoms with E-state index in [-0.39, 0.29) is 0 Å². The zero-order valence-corrected chi connectivity index (χ0v) is 10.9. The van der Waals surface area contributed by atoms with E-state index < -0.39 is 0 Å². The summed E-state index contributed by atoms with van der Waals surface area (Å²) in [6.45, 7) is 0. The number of hydrogen-bond acceptors (Lipinski definition) is 6. The summed E-state index contributed by atoms with van der Waals surface area (Å²) in [6, 6.07) is 7.80. The summed E-state index contributed by atoms with van der Waals surface area (Å²) in [5, 5.41) is 3.95. The van der Waals surface area contributed by atoms with Crippen molar-refractivity contribution in [3.63, 3.8) is 0 Å². The minimum Gasteiger partial charge on any atom is -0.399 e. The Bertz CT molecular complexity index is 663. The van der Waals surface area contributed by atoms with E-state index in [1.165, 1.54) is 11.3 Å². The van der Waals surface area contributed by atoms with Gasteiger partial charge in [0.25, 0.3) is 0 Å². The number of thiazole rings is 1. The zero-order valence-electron chi connectivity index (χ0n) is 10.1. The molecule has 0 spiro atoms. The van der Waals surface area contributed by atoms with Gasteiger partial charge in [-0.2, -0.15) is 4.98 Å². The number of hydrogen-bond donors (Lipinski definition) is 1. The van der Waals surface area contributed by atoms with Crippen LogP contribution in [0.4, 0.5) is 5.69 Å². The number of benzene rings is 1. The molecule has 0 saturated heterocycles. The fraction of sp³-hybridized carbons (Fsp3) is 0.154. The van der Waals surface area contributed by atoms with Gasteiger partial charge in [0, 0.05) is 18.3 Å². The molecule has 3 rings (SSSR count). The molecule has 2 heterocycles. The highest BCUT2D eigenvalue weighted by Crippen LogP contribution is 2.20. The highest BCUT2D eigenvalue weighted by molar-refractivity contribution is 7.13. The smallest absolute Gasteiger partial charge is 0.227 e. The molecule has 0 aliphatic rings. The first-order valence-corrected chi connectivity index (χ1v) is 6.76. The van der Waals surface area contributed by atoms with Crippen LogP contribution in [0.1, 0.15) is 11.5 Å². The first-order chi connectivity index (χ1) is 9.33. The second kappa shape index (κ2) is 5.19. The van der Waals surface area contributed by atoms with Crippen molar-refractivity contribution in [2.45, 2.75) is 12.8 Å². The third kappa shape index (κ3) is 2.63. The standard InChI is InChI=1S/C13H12N4OS/c14-10-4-2-1-3-9(10)5-6-12-16-13(17-18-12)11-7-15-8-19-11/h1-4,7-8H,5-6,14H2. The molecule has 0 amide bonds. The first-order valence-electron chi connectivity index (χ1n) is 5.88. The number of nitrogens with two attached hydrogens (primary N) is 1. The first kappa shape index (κ1) is 11.9. The van der Waals surface area contributed by atoms with E-state index >= 15 is 0 Å². The molecule has 6 heteroatoms. The van der Waals surface area contributed by atoms with Gasteiger partial charge in [0.15, 0.2) is 0 Å². The van der Waals surface area contributed by atoms with Crippen molar-refractivity contribution in [1.29, 1.82) is 0 Å². The predicted octanol–water partition coefficient (Wildman–Crippen LogP) is 2.56. The molecule has 2 N–H and O–H groups in total. The van der Waals surface area contributed by atoms with Gasteiger partial charge in [0.2, 0.25) is 11.7 Å². The van der Waals surface area contributed by atoms with E-state index in [1.807, 2.05) is 24.3 Å². The molecule has 0 aliphatic heterocycles. The van der Waals surface area contributed by atoms with Crippen LogP contribution in [0.5, 0.6) is 0 Å². The molecule has 1 aromatic carbocycles. The third-order valence-electron chi connectivity index (χ3n) is 2.78. The highest BCUT2D eigenvalue weighted by Gasteiger charge is 2.10. The van der Waals surface area contributed by atoms with Crippen molar-refractivity contribution < 1.29 is 4.52 Å². The second-order valence-corrected chi connectivity index (χ2v) is 4.96. The van der Waals surface area contributed by atoms with E-state index in [4.69, 9.17) is 10.3 Å². The van der Waals surface area contributed by atoms with Gasteiger partial charge >= 0.3 is 0 Å². The summed E-state index contributed by atoms with van der Waals surface area (Å²) >= 11 is 1.49. The van der Waals surface area contributed by atoms with Crippen LogP contribution >= 0.6 is 11.3 Å². The number of aryl methyl sites for hydroxylation is 2. The van der Waals surface area contributed by atoms with E-state index in [2.05, 4.69) is 15.1 Å². The van der Waals surface area contributed by atoms with Crippen LogP contribution in [0.25, 0.3) is 10.7 Å². The Kier molecular flexibility index (Phi) is 3.24. The lowest BCUT2D eigenvalue weighted by atomic mass is 10.1. The number of nitrogens with zero attached hydrogens (tertiary/aromatic N) is 3. The van der Waals surface area contributed by atoms with E-state index in [1.54, 1.807) is 11.7 Å². The Balaban J connectivity index is 1.70. The molecule has 0 saturated carbocycles. The number of aromatic nitrogens is 3. The van der Waals surface area contributed by atoms with Crippen LogP contribution < -0.4 is 5.73 Å². The van der Waals surface area contributed by atoms with Gasteiger partial charge in [-0.3, -0.25) is 4.98 Å². The third-order valence-corrected chi connectivity index (χ3v) is 3.55. The molecule has 0 aliphatic carbocycles. The molecule has 0 atom stereocenters. The fourth-order valence-corrected chi connectivity index (χ4v) is 2.33. The molecule has 96 valence electrons. The second-order valence-electron chi connectivity index (χ2n) is 4.08. The lowest BCUT2D eigenvalue weighted by Gasteiger charge is -2.02. The van der Waals surface area contributed by atoms with Crippen molar-refractivity contribution in [3.05, 3.63) is 47.4 Å². The van der Waals surface area contributed by atoms with Crippen LogP contribution in [0.15, 0.2) is 40.5 Å². The van der Waals surface area contributed by atoms with Crippen LogP contribution in [-0.2, 0) is 12.8 Å². The predicted molar refractivity (Wildman–Crippen MR) is 73.7 cm³/mol.